The third-order valence-corrected chi connectivity index (χ3v) is 6.54. The topological polar surface area (TPSA) is 56.8 Å². The van der Waals surface area contributed by atoms with Gasteiger partial charge in [0.15, 0.2) is 0 Å². The fourth-order valence-electron chi connectivity index (χ4n) is 4.80. The Labute approximate surface area is 171 Å². The van der Waals surface area contributed by atoms with E-state index in [9.17, 15) is 9.59 Å². The van der Waals surface area contributed by atoms with E-state index < -0.39 is 0 Å². The summed E-state index contributed by atoms with van der Waals surface area (Å²) in [6.45, 7) is 3.58. The monoisotopic (exact) mass is 390 g/mol. The number of fused-ring (bicyclic) bond motifs is 2. The van der Waals surface area contributed by atoms with Crippen molar-refractivity contribution in [1.29, 1.82) is 0 Å². The van der Waals surface area contributed by atoms with Crippen LogP contribution < -0.4 is 9.80 Å². The van der Waals surface area contributed by atoms with E-state index in [1.165, 1.54) is 5.56 Å². The van der Waals surface area contributed by atoms with Crippen molar-refractivity contribution in [3.8, 4) is 11.1 Å². The van der Waals surface area contributed by atoms with Crippen LogP contribution in [-0.4, -0.2) is 53.9 Å². The molecule has 3 aliphatic rings. The van der Waals surface area contributed by atoms with Gasteiger partial charge in [-0.2, -0.15) is 0 Å². The van der Waals surface area contributed by atoms with E-state index in [1.54, 1.807) is 4.90 Å². The van der Waals surface area contributed by atoms with Gasteiger partial charge in [0.05, 0.1) is 24.0 Å². The molecule has 1 saturated heterocycles. The van der Waals surface area contributed by atoms with E-state index in [0.717, 1.165) is 48.4 Å². The smallest absolute Gasteiger partial charge is 0.227 e. The van der Waals surface area contributed by atoms with E-state index >= 15 is 0 Å². The number of hydrogen-bond acceptors (Lipinski definition) is 4. The van der Waals surface area contributed by atoms with Crippen LogP contribution >= 0.6 is 0 Å². The van der Waals surface area contributed by atoms with Crippen molar-refractivity contribution < 1.29 is 9.59 Å². The minimum Gasteiger partial charge on any atom is -0.363 e. The molecular weight excluding hydrogens is 364 g/mol. The Morgan fingerprint density at radius 1 is 1.10 bits per heavy atom. The van der Waals surface area contributed by atoms with Crippen molar-refractivity contribution in [2.45, 2.75) is 44.7 Å². The molecule has 2 aromatic rings. The van der Waals surface area contributed by atoms with Gasteiger partial charge >= 0.3 is 0 Å². The maximum Gasteiger partial charge on any atom is 0.227 e. The van der Waals surface area contributed by atoms with Crippen LogP contribution in [0.1, 0.15) is 31.7 Å². The largest absolute Gasteiger partial charge is 0.363 e. The van der Waals surface area contributed by atoms with Gasteiger partial charge in [-0.3, -0.25) is 14.6 Å². The molecule has 6 heteroatoms. The molecule has 1 aromatic carbocycles. The van der Waals surface area contributed by atoms with Gasteiger partial charge in [0, 0.05) is 50.4 Å². The number of hydrogen-bond donors (Lipinski definition) is 0. The van der Waals surface area contributed by atoms with Gasteiger partial charge < -0.3 is 14.7 Å². The molecule has 150 valence electrons. The summed E-state index contributed by atoms with van der Waals surface area (Å²) in [6.07, 6.45) is 6.82. The second kappa shape index (κ2) is 6.87. The Hall–Kier alpha value is -2.89. The molecule has 2 amide bonds. The quantitative estimate of drug-likeness (QED) is 0.809. The number of piperazine rings is 1. The number of anilines is 2. The third kappa shape index (κ3) is 3.07. The lowest BCUT2D eigenvalue weighted by molar-refractivity contribution is -0.131. The molecule has 5 rings (SSSR count). The van der Waals surface area contributed by atoms with E-state index in [-0.39, 0.29) is 11.8 Å². The van der Waals surface area contributed by atoms with Crippen molar-refractivity contribution in [2.24, 2.45) is 0 Å². The molecule has 6 nitrogen and oxygen atoms in total. The first-order valence-electron chi connectivity index (χ1n) is 10.5. The molecule has 2 atom stereocenters. The summed E-state index contributed by atoms with van der Waals surface area (Å²) in [5, 5.41) is 0. The Morgan fingerprint density at radius 3 is 2.79 bits per heavy atom. The van der Waals surface area contributed by atoms with E-state index in [2.05, 4.69) is 33.0 Å². The summed E-state index contributed by atoms with van der Waals surface area (Å²) in [7, 11) is 1.84. The molecule has 0 spiro atoms. The lowest BCUT2D eigenvalue weighted by atomic mass is 9.96. The van der Waals surface area contributed by atoms with Crippen molar-refractivity contribution in [3.05, 3.63) is 42.2 Å². The average molecular weight is 390 g/mol. The number of benzene rings is 1. The number of amides is 2. The Balaban J connectivity index is 1.39. The highest BCUT2D eigenvalue weighted by Gasteiger charge is 2.50. The van der Waals surface area contributed by atoms with Crippen LogP contribution in [0.5, 0.6) is 0 Å². The first kappa shape index (κ1) is 18.2. The molecule has 3 heterocycles. The van der Waals surface area contributed by atoms with Gasteiger partial charge in [0.25, 0.3) is 0 Å². The average Bonchev–Trinajstić information content (AvgIpc) is 3.56. The summed E-state index contributed by atoms with van der Waals surface area (Å²) in [6, 6.07) is 9.29. The second-order valence-electron chi connectivity index (χ2n) is 8.23. The predicted molar refractivity (Wildman–Crippen MR) is 113 cm³/mol. The van der Waals surface area contributed by atoms with Gasteiger partial charge in [-0.1, -0.05) is 13.0 Å². The number of aromatic nitrogens is 1. The summed E-state index contributed by atoms with van der Waals surface area (Å²) >= 11 is 0. The molecule has 0 N–H and O–H groups in total. The van der Waals surface area contributed by atoms with Crippen LogP contribution in [0.3, 0.4) is 0 Å². The lowest BCUT2D eigenvalue weighted by Gasteiger charge is -2.35. The summed E-state index contributed by atoms with van der Waals surface area (Å²) in [5.74, 6) is 0.440. The van der Waals surface area contributed by atoms with Gasteiger partial charge in [0.2, 0.25) is 11.8 Å². The Bertz CT molecular complexity index is 989. The summed E-state index contributed by atoms with van der Waals surface area (Å²) in [5.41, 5.74) is 5.57. The number of pyridine rings is 1. The van der Waals surface area contributed by atoms with Crippen molar-refractivity contribution >= 4 is 23.2 Å². The van der Waals surface area contributed by atoms with Crippen LogP contribution in [0.4, 0.5) is 11.4 Å². The zero-order chi connectivity index (χ0) is 20.1. The molecule has 1 saturated carbocycles. The fraction of sp³-hybridized carbons (Fsp3) is 0.435. The Kier molecular flexibility index (Phi) is 4.30. The normalized spacial score (nSPS) is 23.0. The minimum absolute atomic E-state index is 0.175. The van der Waals surface area contributed by atoms with E-state index in [0.29, 0.717) is 24.9 Å². The van der Waals surface area contributed by atoms with Crippen LogP contribution in [0, 0.1) is 0 Å². The molecule has 0 bridgehead atoms. The molecule has 0 unspecified atom stereocenters. The maximum absolute atomic E-state index is 12.1. The van der Waals surface area contributed by atoms with E-state index in [1.807, 2.05) is 32.4 Å². The van der Waals surface area contributed by atoms with Crippen molar-refractivity contribution in [2.75, 3.05) is 29.9 Å². The van der Waals surface area contributed by atoms with Crippen molar-refractivity contribution in [3.63, 3.8) is 0 Å². The summed E-state index contributed by atoms with van der Waals surface area (Å²) < 4.78 is 0. The van der Waals surface area contributed by atoms with E-state index in [4.69, 9.17) is 0 Å². The van der Waals surface area contributed by atoms with Gasteiger partial charge in [-0.15, -0.1) is 0 Å². The predicted octanol–water partition coefficient (Wildman–Crippen LogP) is 2.86. The highest BCUT2D eigenvalue weighted by Crippen LogP contribution is 2.40. The van der Waals surface area contributed by atoms with Crippen LogP contribution in [-0.2, 0) is 16.0 Å². The highest BCUT2D eigenvalue weighted by atomic mass is 16.2. The Morgan fingerprint density at radius 2 is 1.97 bits per heavy atom. The van der Waals surface area contributed by atoms with Crippen LogP contribution in [0.15, 0.2) is 36.7 Å². The molecule has 0 radical (unpaired) electrons. The van der Waals surface area contributed by atoms with Gasteiger partial charge in [-0.25, -0.2) is 0 Å². The zero-order valence-electron chi connectivity index (χ0n) is 17.0. The SMILES string of the molecule is CCC(=O)N1CCN(c2cncc(-c3ccc4c(c3)CCC(=O)N4C)c2)[C@@H]2C[C@@H]21. The number of carbonyl (C=O) groups is 2. The molecule has 2 aliphatic heterocycles. The number of nitrogens with zero attached hydrogens (tertiary/aromatic N) is 4. The first-order valence-corrected chi connectivity index (χ1v) is 10.5. The van der Waals surface area contributed by atoms with Gasteiger partial charge in [-0.05, 0) is 42.2 Å². The number of rotatable bonds is 3. The number of carbonyl (C=O) groups excluding carboxylic acids is 2. The zero-order valence-corrected chi connectivity index (χ0v) is 17.0. The minimum atomic E-state index is 0.175. The fourth-order valence-corrected chi connectivity index (χ4v) is 4.80. The maximum atomic E-state index is 12.1. The summed E-state index contributed by atoms with van der Waals surface area (Å²) in [4.78, 5) is 34.8. The van der Waals surface area contributed by atoms with Crippen LogP contribution in [0.2, 0.25) is 0 Å². The molecular formula is C23H26N4O2. The lowest BCUT2D eigenvalue weighted by Crippen LogP contribution is -2.48. The van der Waals surface area contributed by atoms with Crippen molar-refractivity contribution in [1.82, 2.24) is 9.88 Å². The molecule has 1 aromatic heterocycles. The standard InChI is InChI=1S/C23H26N4O2/c1-3-22(28)27-9-8-26(20-12-21(20)27)18-11-17(13-24-14-18)15-4-6-19-16(10-15)5-7-23(29)25(19)2/h4,6,10-11,13-14,20-21H,3,5,7-9,12H2,1-2H3/t20-,21+/m1/s1. The second-order valence-corrected chi connectivity index (χ2v) is 8.23. The third-order valence-electron chi connectivity index (χ3n) is 6.54. The van der Waals surface area contributed by atoms with Gasteiger partial charge in [0.1, 0.15) is 0 Å². The number of aryl methyl sites for hydroxylation is 1. The highest BCUT2D eigenvalue weighted by molar-refractivity contribution is 5.96. The molecule has 29 heavy (non-hydrogen) atoms. The molecule has 1 aliphatic carbocycles. The van der Waals surface area contributed by atoms with Crippen LogP contribution in [0.25, 0.3) is 11.1 Å². The molecule has 2 fully saturated rings. The first-order chi connectivity index (χ1) is 14.1.